The van der Waals surface area contributed by atoms with Gasteiger partial charge in [-0.15, -0.1) is 0 Å². The molecule has 0 aliphatic carbocycles. The third-order valence-electron chi connectivity index (χ3n) is 5.76. The van der Waals surface area contributed by atoms with E-state index >= 15 is 0 Å². The van der Waals surface area contributed by atoms with Gasteiger partial charge in [-0.05, 0) is 36.5 Å². The number of carbonyl (C=O) groups excluding carboxylic acids is 2. The Bertz CT molecular complexity index is 835. The van der Waals surface area contributed by atoms with Gasteiger partial charge in [0.2, 0.25) is 5.91 Å². The largest absolute Gasteiger partial charge is 0.453 e. The fourth-order valence-electron chi connectivity index (χ4n) is 4.25. The number of hydrogen-bond donors (Lipinski definition) is 2. The zero-order valence-electron chi connectivity index (χ0n) is 17.7. The summed E-state index contributed by atoms with van der Waals surface area (Å²) in [6, 6.07) is 5.63. The van der Waals surface area contributed by atoms with E-state index in [2.05, 4.69) is 64.7 Å². The van der Waals surface area contributed by atoms with Crippen molar-refractivity contribution in [2.24, 2.45) is 5.92 Å². The number of fused-ring (bicyclic) bond motifs is 1. The number of methoxy groups -OCH3 is 1. The Hall–Kier alpha value is -2.02. The monoisotopic (exact) mass is 463 g/mol. The fourth-order valence-corrected chi connectivity index (χ4v) is 4.61. The van der Waals surface area contributed by atoms with Gasteiger partial charge in [-0.3, -0.25) is 4.79 Å². The van der Waals surface area contributed by atoms with Gasteiger partial charge in [-0.2, -0.15) is 0 Å². The van der Waals surface area contributed by atoms with Crippen LogP contribution in [0.1, 0.15) is 46.1 Å². The molecule has 2 amide bonds. The van der Waals surface area contributed by atoms with Gasteiger partial charge in [0, 0.05) is 27.8 Å². The van der Waals surface area contributed by atoms with E-state index < -0.39 is 12.1 Å². The number of benzene rings is 1. The van der Waals surface area contributed by atoms with Crippen LogP contribution in [0, 0.1) is 5.92 Å². The summed E-state index contributed by atoms with van der Waals surface area (Å²) >= 11 is 3.56. The molecule has 2 aliphatic rings. The predicted molar refractivity (Wildman–Crippen MR) is 118 cm³/mol. The van der Waals surface area contributed by atoms with Crippen LogP contribution < -0.4 is 10.6 Å². The topological polar surface area (TPSA) is 70.7 Å². The maximum Gasteiger partial charge on any atom is 0.407 e. The van der Waals surface area contributed by atoms with Gasteiger partial charge in [0.15, 0.2) is 0 Å². The molecule has 29 heavy (non-hydrogen) atoms. The number of amides is 2. The fraction of sp³-hybridized carbons (Fsp3) is 0.545. The highest BCUT2D eigenvalue weighted by molar-refractivity contribution is 9.10. The zero-order valence-corrected chi connectivity index (χ0v) is 19.3. The Kier molecular flexibility index (Phi) is 6.27. The minimum Gasteiger partial charge on any atom is -0.453 e. The van der Waals surface area contributed by atoms with E-state index in [9.17, 15) is 9.59 Å². The van der Waals surface area contributed by atoms with Crippen molar-refractivity contribution in [3.8, 4) is 0 Å². The number of carbonyl (C=O) groups is 2. The highest BCUT2D eigenvalue weighted by Crippen LogP contribution is 2.40. The van der Waals surface area contributed by atoms with Gasteiger partial charge in [0.1, 0.15) is 6.04 Å². The quantitative estimate of drug-likeness (QED) is 0.693. The normalized spacial score (nSPS) is 21.1. The van der Waals surface area contributed by atoms with Gasteiger partial charge in [0.25, 0.3) is 0 Å². The second kappa shape index (κ2) is 8.38. The molecule has 0 bridgehead atoms. The van der Waals surface area contributed by atoms with E-state index in [1.807, 2.05) is 18.7 Å². The number of ether oxygens (including phenoxy) is 1. The Morgan fingerprint density at radius 3 is 2.72 bits per heavy atom. The second-order valence-electron chi connectivity index (χ2n) is 8.68. The molecule has 3 rings (SSSR count). The summed E-state index contributed by atoms with van der Waals surface area (Å²) in [5.74, 6) is -0.0993. The first-order valence-corrected chi connectivity index (χ1v) is 10.9. The number of nitrogens with one attached hydrogen (secondary N) is 2. The minimum absolute atomic E-state index is 0.0328. The van der Waals surface area contributed by atoms with Crippen molar-refractivity contribution >= 4 is 33.6 Å². The molecule has 2 N–H and O–H groups in total. The first-order valence-electron chi connectivity index (χ1n) is 10.1. The van der Waals surface area contributed by atoms with Crippen LogP contribution in [0.5, 0.6) is 0 Å². The molecular weight excluding hydrogens is 434 g/mol. The number of likely N-dealkylation sites (tertiary alicyclic amines) is 1. The van der Waals surface area contributed by atoms with Crippen LogP contribution in [0.2, 0.25) is 0 Å². The molecule has 2 heterocycles. The van der Waals surface area contributed by atoms with Crippen molar-refractivity contribution in [2.45, 2.75) is 58.0 Å². The van der Waals surface area contributed by atoms with Gasteiger partial charge in [-0.1, -0.05) is 55.8 Å². The molecule has 0 saturated carbocycles. The maximum atomic E-state index is 13.3. The molecule has 0 aromatic heterocycles. The smallest absolute Gasteiger partial charge is 0.407 e. The summed E-state index contributed by atoms with van der Waals surface area (Å²) < 4.78 is 5.73. The van der Waals surface area contributed by atoms with Crippen molar-refractivity contribution in [2.75, 3.05) is 19.0 Å². The van der Waals surface area contributed by atoms with E-state index in [0.717, 1.165) is 28.7 Å². The molecular formula is C22H30BrN3O3. The Labute approximate surface area is 181 Å². The standard InChI is InChI=1S/C22H30BrN3O3/c1-13(2)19(25-21(28)29-5)20(27)26-10-6-7-18(26)17-12-22(3,4)15-9-8-14(23)11-16(15)24-17/h8-9,11-13,18-19,24H,6-7,10H2,1-5H3,(H,25,28)/t18-,19-/m0/s1. The van der Waals surface area contributed by atoms with Crippen molar-refractivity contribution < 1.29 is 14.3 Å². The number of allylic oxidation sites excluding steroid dienone is 1. The Balaban J connectivity index is 1.88. The van der Waals surface area contributed by atoms with Gasteiger partial charge >= 0.3 is 6.09 Å². The molecule has 2 aliphatic heterocycles. The number of rotatable bonds is 4. The lowest BCUT2D eigenvalue weighted by molar-refractivity contribution is -0.134. The number of nitrogens with zero attached hydrogens (tertiary/aromatic N) is 1. The third-order valence-corrected chi connectivity index (χ3v) is 6.25. The molecule has 6 nitrogen and oxygen atoms in total. The van der Waals surface area contributed by atoms with Crippen molar-refractivity contribution in [1.82, 2.24) is 10.2 Å². The summed E-state index contributed by atoms with van der Waals surface area (Å²) in [6.45, 7) is 8.92. The van der Waals surface area contributed by atoms with Crippen LogP contribution in [-0.4, -0.2) is 42.6 Å². The molecule has 1 aromatic carbocycles. The summed E-state index contributed by atoms with van der Waals surface area (Å²) in [5.41, 5.74) is 3.20. The van der Waals surface area contributed by atoms with Crippen LogP contribution in [0.15, 0.2) is 34.4 Å². The number of alkyl carbamates (subject to hydrolysis) is 1. The van der Waals surface area contributed by atoms with Crippen molar-refractivity contribution in [3.63, 3.8) is 0 Å². The molecule has 0 radical (unpaired) electrons. The third kappa shape index (κ3) is 4.44. The summed E-state index contributed by atoms with van der Waals surface area (Å²) in [4.78, 5) is 27.0. The maximum absolute atomic E-state index is 13.3. The molecule has 1 aromatic rings. The molecule has 7 heteroatoms. The summed E-state index contributed by atoms with van der Waals surface area (Å²) in [5, 5.41) is 6.27. The summed E-state index contributed by atoms with van der Waals surface area (Å²) in [7, 11) is 1.31. The van der Waals surface area contributed by atoms with E-state index in [0.29, 0.717) is 6.54 Å². The van der Waals surface area contributed by atoms with Crippen LogP contribution in [0.25, 0.3) is 0 Å². The van der Waals surface area contributed by atoms with Crippen LogP contribution >= 0.6 is 15.9 Å². The number of halogens is 1. The summed E-state index contributed by atoms with van der Waals surface area (Å²) in [6.07, 6.45) is 3.48. The molecule has 1 saturated heterocycles. The highest BCUT2D eigenvalue weighted by Gasteiger charge is 2.39. The van der Waals surface area contributed by atoms with Crippen molar-refractivity contribution in [3.05, 3.63) is 40.0 Å². The second-order valence-corrected chi connectivity index (χ2v) is 9.60. The minimum atomic E-state index is -0.610. The van der Waals surface area contributed by atoms with Crippen LogP contribution in [0.3, 0.4) is 0 Å². The lowest BCUT2D eigenvalue weighted by Crippen LogP contribution is -2.53. The Morgan fingerprint density at radius 1 is 1.34 bits per heavy atom. The molecule has 0 unspecified atom stereocenters. The molecule has 158 valence electrons. The molecule has 0 spiro atoms. The molecule has 2 atom stereocenters. The van der Waals surface area contributed by atoms with Gasteiger partial charge in [-0.25, -0.2) is 4.79 Å². The van der Waals surface area contributed by atoms with E-state index in [1.54, 1.807) is 0 Å². The zero-order chi connectivity index (χ0) is 21.3. The lowest BCUT2D eigenvalue weighted by atomic mass is 9.79. The molecule has 1 fully saturated rings. The average Bonchev–Trinajstić information content (AvgIpc) is 3.13. The van der Waals surface area contributed by atoms with E-state index in [4.69, 9.17) is 4.74 Å². The lowest BCUT2D eigenvalue weighted by Gasteiger charge is -2.37. The Morgan fingerprint density at radius 2 is 2.07 bits per heavy atom. The van der Waals surface area contributed by atoms with Crippen LogP contribution in [0.4, 0.5) is 10.5 Å². The predicted octanol–water partition coefficient (Wildman–Crippen LogP) is 4.41. The van der Waals surface area contributed by atoms with E-state index in [-0.39, 0.29) is 23.3 Å². The van der Waals surface area contributed by atoms with Crippen LogP contribution in [-0.2, 0) is 14.9 Å². The van der Waals surface area contributed by atoms with E-state index in [1.165, 1.54) is 12.7 Å². The first kappa shape index (κ1) is 21.7. The van der Waals surface area contributed by atoms with Gasteiger partial charge < -0.3 is 20.3 Å². The first-order chi connectivity index (χ1) is 13.6. The van der Waals surface area contributed by atoms with Gasteiger partial charge in [0.05, 0.1) is 13.2 Å². The van der Waals surface area contributed by atoms with Crippen molar-refractivity contribution in [1.29, 1.82) is 0 Å². The SMILES string of the molecule is COC(=O)N[C@H](C(=O)N1CCC[C@H]1C1=CC(C)(C)c2ccc(Br)cc2N1)C(C)C. The number of anilines is 1. The number of hydrogen-bond acceptors (Lipinski definition) is 4. The highest BCUT2D eigenvalue weighted by atomic mass is 79.9. The average molecular weight is 464 g/mol.